The first-order valence-corrected chi connectivity index (χ1v) is 7.87. The standard InChI is InChI=1S/C10H14BrClN2O2S/c1-7(14-4-5-17(13,15)16)9-3-2-8(11)6-10(9)12/h2-3,6-7,14H,4-5H2,1H3,(H2,13,15,16). The molecule has 96 valence electrons. The van der Waals surface area contributed by atoms with E-state index < -0.39 is 10.0 Å². The van der Waals surface area contributed by atoms with Gasteiger partial charge in [-0.05, 0) is 24.6 Å². The van der Waals surface area contributed by atoms with E-state index in [1.54, 1.807) is 6.07 Å². The van der Waals surface area contributed by atoms with Gasteiger partial charge in [0.05, 0.1) is 5.75 Å². The lowest BCUT2D eigenvalue weighted by molar-refractivity contribution is 0.573. The zero-order chi connectivity index (χ0) is 13.1. The molecule has 0 aliphatic carbocycles. The minimum absolute atomic E-state index is 0.0302. The van der Waals surface area contributed by atoms with Crippen molar-refractivity contribution in [1.29, 1.82) is 0 Å². The van der Waals surface area contributed by atoms with Crippen LogP contribution in [0.1, 0.15) is 18.5 Å². The second kappa shape index (κ2) is 6.15. The number of hydrogen-bond acceptors (Lipinski definition) is 3. The maximum absolute atomic E-state index is 10.8. The van der Waals surface area contributed by atoms with Crippen molar-refractivity contribution in [2.75, 3.05) is 12.3 Å². The first-order chi connectivity index (χ1) is 7.79. The van der Waals surface area contributed by atoms with E-state index in [2.05, 4.69) is 21.2 Å². The largest absolute Gasteiger partial charge is 0.309 e. The van der Waals surface area contributed by atoms with Crippen molar-refractivity contribution in [2.24, 2.45) is 5.14 Å². The number of nitrogens with one attached hydrogen (secondary N) is 1. The van der Waals surface area contributed by atoms with Gasteiger partial charge in [0, 0.05) is 22.1 Å². The Bertz CT molecular complexity index is 493. The van der Waals surface area contributed by atoms with Crippen LogP contribution in [0.15, 0.2) is 22.7 Å². The highest BCUT2D eigenvalue weighted by Crippen LogP contribution is 2.26. The van der Waals surface area contributed by atoms with E-state index in [9.17, 15) is 8.42 Å². The molecule has 7 heteroatoms. The van der Waals surface area contributed by atoms with Gasteiger partial charge in [0.2, 0.25) is 10.0 Å². The van der Waals surface area contributed by atoms with Crippen LogP contribution in [0.2, 0.25) is 5.02 Å². The van der Waals surface area contributed by atoms with Gasteiger partial charge in [0.1, 0.15) is 0 Å². The summed E-state index contributed by atoms with van der Waals surface area (Å²) in [6.45, 7) is 2.21. The zero-order valence-corrected chi connectivity index (χ0v) is 12.4. The first kappa shape index (κ1) is 14.9. The topological polar surface area (TPSA) is 72.2 Å². The number of nitrogens with two attached hydrogens (primary N) is 1. The molecule has 0 radical (unpaired) electrons. The predicted octanol–water partition coefficient (Wildman–Crippen LogP) is 2.04. The number of rotatable bonds is 5. The van der Waals surface area contributed by atoms with Gasteiger partial charge >= 0.3 is 0 Å². The molecule has 1 aromatic rings. The molecule has 0 saturated carbocycles. The van der Waals surface area contributed by atoms with Gasteiger partial charge in [-0.25, -0.2) is 13.6 Å². The minimum atomic E-state index is -3.42. The van der Waals surface area contributed by atoms with Crippen LogP contribution in [0.4, 0.5) is 0 Å². The van der Waals surface area contributed by atoms with Gasteiger partial charge in [-0.1, -0.05) is 33.6 Å². The van der Waals surface area contributed by atoms with Crippen molar-refractivity contribution in [2.45, 2.75) is 13.0 Å². The third-order valence-electron chi connectivity index (χ3n) is 2.27. The Labute approximate surface area is 115 Å². The molecule has 0 bridgehead atoms. The fourth-order valence-corrected chi connectivity index (χ4v) is 2.62. The molecule has 0 spiro atoms. The molecular formula is C10H14BrClN2O2S. The van der Waals surface area contributed by atoms with Crippen molar-refractivity contribution in [1.82, 2.24) is 5.32 Å². The molecule has 17 heavy (non-hydrogen) atoms. The molecule has 0 heterocycles. The maximum Gasteiger partial charge on any atom is 0.210 e. The number of primary sulfonamides is 1. The van der Waals surface area contributed by atoms with Crippen LogP contribution in [0.3, 0.4) is 0 Å². The Balaban J connectivity index is 2.61. The highest BCUT2D eigenvalue weighted by Gasteiger charge is 2.10. The minimum Gasteiger partial charge on any atom is -0.309 e. The van der Waals surface area contributed by atoms with Crippen molar-refractivity contribution in [3.63, 3.8) is 0 Å². The molecule has 3 N–H and O–H groups in total. The number of sulfonamides is 1. The van der Waals surface area contributed by atoms with Gasteiger partial charge in [0.25, 0.3) is 0 Å². The fourth-order valence-electron chi connectivity index (χ4n) is 1.38. The second-order valence-electron chi connectivity index (χ2n) is 3.71. The van der Waals surface area contributed by atoms with E-state index in [1.165, 1.54) is 0 Å². The average Bonchev–Trinajstić information content (AvgIpc) is 2.15. The molecule has 0 saturated heterocycles. The predicted molar refractivity (Wildman–Crippen MR) is 73.5 cm³/mol. The lowest BCUT2D eigenvalue weighted by Gasteiger charge is -2.15. The Hall–Kier alpha value is -0.140. The molecule has 0 fully saturated rings. The normalized spacial score (nSPS) is 13.6. The van der Waals surface area contributed by atoms with Crippen LogP contribution in [0.5, 0.6) is 0 Å². The molecule has 1 rings (SSSR count). The Kier molecular flexibility index (Phi) is 5.40. The summed E-state index contributed by atoms with van der Waals surface area (Å²) in [6.07, 6.45) is 0. The van der Waals surface area contributed by atoms with Gasteiger partial charge in [-0.2, -0.15) is 0 Å². The summed E-state index contributed by atoms with van der Waals surface area (Å²) in [5.74, 6) is -0.0918. The Morgan fingerprint density at radius 1 is 1.53 bits per heavy atom. The van der Waals surface area contributed by atoms with Crippen molar-refractivity contribution in [3.05, 3.63) is 33.3 Å². The van der Waals surface area contributed by atoms with Crippen LogP contribution in [-0.2, 0) is 10.0 Å². The van der Waals surface area contributed by atoms with Gasteiger partial charge in [0.15, 0.2) is 0 Å². The summed E-state index contributed by atoms with van der Waals surface area (Å²) in [7, 11) is -3.42. The highest BCUT2D eigenvalue weighted by molar-refractivity contribution is 9.10. The smallest absolute Gasteiger partial charge is 0.210 e. The summed E-state index contributed by atoms with van der Waals surface area (Å²) in [5.41, 5.74) is 0.921. The summed E-state index contributed by atoms with van der Waals surface area (Å²) in [6, 6.07) is 5.55. The van der Waals surface area contributed by atoms with Gasteiger partial charge in [-0.3, -0.25) is 0 Å². The van der Waals surface area contributed by atoms with Gasteiger partial charge < -0.3 is 5.32 Å². The van der Waals surface area contributed by atoms with Crippen LogP contribution >= 0.6 is 27.5 Å². The zero-order valence-electron chi connectivity index (χ0n) is 9.28. The van der Waals surface area contributed by atoms with E-state index in [0.29, 0.717) is 11.6 Å². The summed E-state index contributed by atoms with van der Waals surface area (Å²) in [4.78, 5) is 0. The fraction of sp³-hybridized carbons (Fsp3) is 0.400. The van der Waals surface area contributed by atoms with E-state index in [4.69, 9.17) is 16.7 Å². The number of hydrogen-bond donors (Lipinski definition) is 2. The molecule has 0 aliphatic rings. The third kappa shape index (κ3) is 5.35. The molecule has 1 unspecified atom stereocenters. The second-order valence-corrected chi connectivity index (χ2v) is 6.77. The summed E-state index contributed by atoms with van der Waals surface area (Å²) >= 11 is 9.40. The first-order valence-electron chi connectivity index (χ1n) is 4.98. The molecular weight excluding hydrogens is 328 g/mol. The lowest BCUT2D eigenvalue weighted by atomic mass is 10.1. The Morgan fingerprint density at radius 3 is 2.71 bits per heavy atom. The average molecular weight is 342 g/mol. The molecule has 0 aliphatic heterocycles. The number of halogens is 2. The van der Waals surface area contributed by atoms with Crippen molar-refractivity contribution in [3.8, 4) is 0 Å². The molecule has 4 nitrogen and oxygen atoms in total. The van der Waals surface area contributed by atoms with Crippen LogP contribution in [0, 0.1) is 0 Å². The quantitative estimate of drug-likeness (QED) is 0.861. The van der Waals surface area contributed by atoms with Crippen molar-refractivity contribution >= 4 is 37.6 Å². The van der Waals surface area contributed by atoms with Crippen molar-refractivity contribution < 1.29 is 8.42 Å². The highest BCUT2D eigenvalue weighted by atomic mass is 79.9. The third-order valence-corrected chi connectivity index (χ3v) is 3.86. The van der Waals surface area contributed by atoms with E-state index in [0.717, 1.165) is 10.0 Å². The van der Waals surface area contributed by atoms with E-state index >= 15 is 0 Å². The monoisotopic (exact) mass is 340 g/mol. The van der Waals surface area contributed by atoms with Crippen LogP contribution in [0.25, 0.3) is 0 Å². The maximum atomic E-state index is 10.8. The lowest BCUT2D eigenvalue weighted by Crippen LogP contribution is -2.29. The Morgan fingerprint density at radius 2 is 2.18 bits per heavy atom. The van der Waals surface area contributed by atoms with Crippen LogP contribution < -0.4 is 10.5 Å². The molecule has 1 aromatic carbocycles. The molecule has 0 amide bonds. The molecule has 1 atom stereocenters. The number of benzene rings is 1. The van der Waals surface area contributed by atoms with Crippen LogP contribution in [-0.4, -0.2) is 20.7 Å². The van der Waals surface area contributed by atoms with Gasteiger partial charge in [-0.15, -0.1) is 0 Å². The SMILES string of the molecule is CC(NCCS(N)(=O)=O)c1ccc(Br)cc1Cl. The summed E-state index contributed by atoms with van der Waals surface area (Å²) < 4.78 is 22.4. The molecule has 0 aromatic heterocycles. The van der Waals surface area contributed by atoms with E-state index in [-0.39, 0.29) is 11.8 Å². The summed E-state index contributed by atoms with van der Waals surface area (Å²) in [5, 5.41) is 8.60. The van der Waals surface area contributed by atoms with E-state index in [1.807, 2.05) is 19.1 Å².